The molecule has 1 fully saturated rings. The van der Waals surface area contributed by atoms with Crippen LogP contribution in [0.5, 0.6) is 0 Å². The number of amides is 1. The molecule has 1 aliphatic rings. The summed E-state index contributed by atoms with van der Waals surface area (Å²) in [6.07, 6.45) is 1.81. The Bertz CT molecular complexity index is 895. The van der Waals surface area contributed by atoms with Crippen LogP contribution in [0.4, 0.5) is 0 Å². The summed E-state index contributed by atoms with van der Waals surface area (Å²) >= 11 is 0. The monoisotopic (exact) mass is 342 g/mol. The highest BCUT2D eigenvalue weighted by Gasteiger charge is 2.43. The Morgan fingerprint density at radius 3 is 2.80 bits per heavy atom. The predicted molar refractivity (Wildman–Crippen MR) is 85.4 cm³/mol. The Morgan fingerprint density at radius 1 is 1.44 bits per heavy atom. The Labute approximate surface area is 144 Å². The minimum atomic E-state index is -0.927. The molecule has 0 aromatic carbocycles. The van der Waals surface area contributed by atoms with E-state index in [1.165, 1.54) is 4.52 Å². The molecule has 9 nitrogen and oxygen atoms in total. The lowest BCUT2D eigenvalue weighted by Gasteiger charge is -2.22. The fourth-order valence-corrected chi connectivity index (χ4v) is 2.66. The van der Waals surface area contributed by atoms with Crippen molar-refractivity contribution in [2.24, 2.45) is 5.92 Å². The number of ether oxygens (including phenoxy) is 1. The van der Waals surface area contributed by atoms with Gasteiger partial charge in [-0.05, 0) is 45.6 Å². The highest BCUT2D eigenvalue weighted by atomic mass is 16.5. The molecular weight excluding hydrogens is 324 g/mol. The van der Waals surface area contributed by atoms with Crippen molar-refractivity contribution in [2.45, 2.75) is 39.2 Å². The molecular formula is C16H18N6O3. The first-order chi connectivity index (χ1) is 11.8. The highest BCUT2D eigenvalue weighted by molar-refractivity contribution is 5.88. The standard InChI is InChI=1S/C16H18N6O3/c1-9-6-10(2)22-15(18-9)19-13(21-22)14(24)25-7-12(23)20-16(3,8-17)11-4-5-11/h6,11H,4-5,7H2,1-3H3,(H,20,23)/t16-/m0/s1. The van der Waals surface area contributed by atoms with E-state index in [1.807, 2.05) is 19.9 Å². The maximum atomic E-state index is 12.1. The highest BCUT2D eigenvalue weighted by Crippen LogP contribution is 2.39. The number of nitriles is 1. The van der Waals surface area contributed by atoms with Crippen molar-refractivity contribution >= 4 is 17.7 Å². The summed E-state index contributed by atoms with van der Waals surface area (Å²) in [7, 11) is 0. The van der Waals surface area contributed by atoms with Gasteiger partial charge in [0.05, 0.1) is 6.07 Å². The fourth-order valence-electron chi connectivity index (χ4n) is 2.66. The number of aromatic nitrogens is 4. The number of carbonyl (C=O) groups is 2. The molecule has 2 aromatic rings. The fraction of sp³-hybridized carbons (Fsp3) is 0.500. The topological polar surface area (TPSA) is 122 Å². The zero-order chi connectivity index (χ0) is 18.2. The first-order valence-electron chi connectivity index (χ1n) is 7.93. The van der Waals surface area contributed by atoms with Gasteiger partial charge in [0.25, 0.3) is 17.5 Å². The zero-order valence-corrected chi connectivity index (χ0v) is 14.2. The van der Waals surface area contributed by atoms with Gasteiger partial charge in [-0.25, -0.2) is 14.3 Å². The molecule has 2 heterocycles. The van der Waals surface area contributed by atoms with Crippen molar-refractivity contribution in [3.8, 4) is 6.07 Å². The van der Waals surface area contributed by atoms with E-state index in [9.17, 15) is 14.9 Å². The number of nitrogens with zero attached hydrogens (tertiary/aromatic N) is 5. The normalized spacial score (nSPS) is 16.1. The molecule has 0 saturated heterocycles. The summed E-state index contributed by atoms with van der Waals surface area (Å²) in [6, 6.07) is 3.92. The lowest BCUT2D eigenvalue weighted by atomic mass is 9.98. The maximum Gasteiger partial charge on any atom is 0.378 e. The average molecular weight is 342 g/mol. The van der Waals surface area contributed by atoms with Gasteiger partial charge in [-0.15, -0.1) is 5.10 Å². The third-order valence-corrected chi connectivity index (χ3v) is 4.16. The summed E-state index contributed by atoms with van der Waals surface area (Å²) < 4.78 is 6.39. The Hall–Kier alpha value is -3.02. The quantitative estimate of drug-likeness (QED) is 0.794. The van der Waals surface area contributed by atoms with Crippen molar-refractivity contribution < 1.29 is 14.3 Å². The van der Waals surface area contributed by atoms with E-state index >= 15 is 0 Å². The first kappa shape index (κ1) is 16.8. The van der Waals surface area contributed by atoms with Gasteiger partial charge in [0.15, 0.2) is 6.61 Å². The number of carbonyl (C=O) groups excluding carboxylic acids is 2. The Balaban J connectivity index is 1.64. The molecule has 1 atom stereocenters. The maximum absolute atomic E-state index is 12.1. The van der Waals surface area contributed by atoms with Gasteiger partial charge in [-0.1, -0.05) is 0 Å². The summed E-state index contributed by atoms with van der Waals surface area (Å²) in [5.74, 6) is -1.07. The van der Waals surface area contributed by atoms with Crippen LogP contribution in [0.3, 0.4) is 0 Å². The zero-order valence-electron chi connectivity index (χ0n) is 14.2. The molecule has 0 radical (unpaired) electrons. The van der Waals surface area contributed by atoms with E-state index in [4.69, 9.17) is 4.74 Å². The smallest absolute Gasteiger partial charge is 0.378 e. The summed E-state index contributed by atoms with van der Waals surface area (Å²) in [4.78, 5) is 32.2. The molecule has 1 saturated carbocycles. The molecule has 0 bridgehead atoms. The van der Waals surface area contributed by atoms with Gasteiger partial charge < -0.3 is 10.1 Å². The van der Waals surface area contributed by atoms with Gasteiger partial charge in [-0.3, -0.25) is 4.79 Å². The van der Waals surface area contributed by atoms with Crippen molar-refractivity contribution in [3.63, 3.8) is 0 Å². The number of fused-ring (bicyclic) bond motifs is 1. The second kappa shape index (κ2) is 6.12. The molecule has 1 aliphatic carbocycles. The average Bonchev–Trinajstić information content (AvgIpc) is 3.33. The van der Waals surface area contributed by atoms with E-state index in [1.54, 1.807) is 6.92 Å². The van der Waals surface area contributed by atoms with E-state index < -0.39 is 24.0 Å². The number of aryl methyl sites for hydroxylation is 2. The number of hydrogen-bond acceptors (Lipinski definition) is 7. The van der Waals surface area contributed by atoms with Crippen LogP contribution in [0.15, 0.2) is 6.07 Å². The first-order valence-corrected chi connectivity index (χ1v) is 7.93. The molecule has 0 aliphatic heterocycles. The van der Waals surface area contributed by atoms with Gasteiger partial charge in [0.2, 0.25) is 0 Å². The van der Waals surface area contributed by atoms with Crippen molar-refractivity contribution in [1.82, 2.24) is 24.9 Å². The minimum absolute atomic E-state index is 0.148. The van der Waals surface area contributed by atoms with Crippen LogP contribution >= 0.6 is 0 Å². The van der Waals surface area contributed by atoms with Crippen LogP contribution < -0.4 is 5.32 Å². The molecule has 9 heteroatoms. The molecule has 1 N–H and O–H groups in total. The number of rotatable bonds is 5. The molecule has 3 rings (SSSR count). The van der Waals surface area contributed by atoms with E-state index in [2.05, 4.69) is 26.5 Å². The number of nitrogens with one attached hydrogen (secondary N) is 1. The van der Waals surface area contributed by atoms with E-state index in [0.717, 1.165) is 24.2 Å². The molecule has 25 heavy (non-hydrogen) atoms. The molecule has 1 amide bonds. The lowest BCUT2D eigenvalue weighted by molar-refractivity contribution is -0.125. The summed E-state index contributed by atoms with van der Waals surface area (Å²) in [6.45, 7) is 4.81. The van der Waals surface area contributed by atoms with Crippen LogP contribution in [0, 0.1) is 31.1 Å². The van der Waals surface area contributed by atoms with Crippen molar-refractivity contribution in [3.05, 3.63) is 23.3 Å². The molecule has 0 spiro atoms. The largest absolute Gasteiger partial charge is 0.450 e. The SMILES string of the molecule is Cc1cc(C)n2nc(C(=O)OCC(=O)N[C@@](C)(C#N)C3CC3)nc2n1. The summed E-state index contributed by atoms with van der Waals surface area (Å²) in [5, 5.41) is 15.9. The van der Waals surface area contributed by atoms with Gasteiger partial charge in [0.1, 0.15) is 5.54 Å². The van der Waals surface area contributed by atoms with Gasteiger partial charge >= 0.3 is 5.97 Å². The third-order valence-electron chi connectivity index (χ3n) is 4.16. The molecule has 0 unspecified atom stereocenters. The molecule has 130 valence electrons. The second-order valence-electron chi connectivity index (χ2n) is 6.40. The van der Waals surface area contributed by atoms with Crippen LogP contribution in [-0.4, -0.2) is 43.6 Å². The Morgan fingerprint density at radius 2 is 2.16 bits per heavy atom. The minimum Gasteiger partial charge on any atom is -0.450 e. The van der Waals surface area contributed by atoms with Crippen molar-refractivity contribution in [2.75, 3.05) is 6.61 Å². The van der Waals surface area contributed by atoms with E-state index in [0.29, 0.717) is 5.78 Å². The third kappa shape index (κ3) is 3.42. The van der Waals surface area contributed by atoms with Crippen LogP contribution in [0.2, 0.25) is 0 Å². The van der Waals surface area contributed by atoms with Gasteiger partial charge in [0, 0.05) is 11.4 Å². The Kier molecular flexibility index (Phi) is 4.12. The lowest BCUT2D eigenvalue weighted by Crippen LogP contribution is -2.48. The summed E-state index contributed by atoms with van der Waals surface area (Å²) in [5.41, 5.74) is 0.609. The number of esters is 1. The van der Waals surface area contributed by atoms with Crippen LogP contribution in [0.1, 0.15) is 41.8 Å². The second-order valence-corrected chi connectivity index (χ2v) is 6.40. The van der Waals surface area contributed by atoms with Gasteiger partial charge in [-0.2, -0.15) is 10.2 Å². The molecule has 2 aromatic heterocycles. The predicted octanol–water partition coefficient (Wildman–Crippen LogP) is 0.706. The van der Waals surface area contributed by atoms with Crippen LogP contribution in [0.25, 0.3) is 5.78 Å². The van der Waals surface area contributed by atoms with Crippen LogP contribution in [-0.2, 0) is 9.53 Å². The van der Waals surface area contributed by atoms with E-state index in [-0.39, 0.29) is 11.7 Å². The van der Waals surface area contributed by atoms with Crippen molar-refractivity contribution in [1.29, 1.82) is 5.26 Å². The number of hydrogen-bond donors (Lipinski definition) is 1.